The first-order valence-corrected chi connectivity index (χ1v) is 13.5. The van der Waals surface area contributed by atoms with Crippen molar-refractivity contribution in [3.8, 4) is 0 Å². The molecule has 4 nitrogen and oxygen atoms in total. The fourth-order valence-electron chi connectivity index (χ4n) is 4.02. The summed E-state index contributed by atoms with van der Waals surface area (Å²) in [5.41, 5.74) is 2.49. The number of thioether (sulfide) groups is 1. The highest BCUT2D eigenvalue weighted by molar-refractivity contribution is 8.00. The lowest BCUT2D eigenvalue weighted by Crippen LogP contribution is -2.19. The summed E-state index contributed by atoms with van der Waals surface area (Å²) in [5, 5.41) is 8.04. The Balaban J connectivity index is 1.36. The number of nitrogens with one attached hydrogen (secondary N) is 2. The van der Waals surface area contributed by atoms with Crippen LogP contribution in [0.5, 0.6) is 0 Å². The summed E-state index contributed by atoms with van der Waals surface area (Å²) < 4.78 is 0. The molecule has 1 atom stereocenters. The highest BCUT2D eigenvalue weighted by Gasteiger charge is 2.23. The van der Waals surface area contributed by atoms with E-state index in [1.165, 1.54) is 11.8 Å². The molecular formula is C31H22Cl2N2O2S. The zero-order valence-corrected chi connectivity index (χ0v) is 22.4. The van der Waals surface area contributed by atoms with Gasteiger partial charge in [0.15, 0.2) is 0 Å². The molecule has 0 bridgehead atoms. The van der Waals surface area contributed by atoms with Gasteiger partial charge in [-0.2, -0.15) is 0 Å². The summed E-state index contributed by atoms with van der Waals surface area (Å²) in [4.78, 5) is 27.2. The van der Waals surface area contributed by atoms with Crippen molar-refractivity contribution >= 4 is 68.9 Å². The van der Waals surface area contributed by atoms with E-state index in [0.717, 1.165) is 21.2 Å². The summed E-state index contributed by atoms with van der Waals surface area (Å²) in [6, 6.07) is 35.6. The van der Waals surface area contributed by atoms with Gasteiger partial charge in [-0.3, -0.25) is 9.59 Å². The second kappa shape index (κ2) is 11.7. The molecule has 0 heterocycles. The molecule has 0 aliphatic carbocycles. The minimum Gasteiger partial charge on any atom is -0.323 e. The van der Waals surface area contributed by atoms with Crippen LogP contribution in [0.2, 0.25) is 10.0 Å². The quantitative estimate of drug-likeness (QED) is 0.197. The third-order valence-corrected chi connectivity index (χ3v) is 7.97. The van der Waals surface area contributed by atoms with E-state index in [0.29, 0.717) is 22.0 Å². The zero-order valence-electron chi connectivity index (χ0n) is 20.0. The number of halogens is 2. The van der Waals surface area contributed by atoms with E-state index in [2.05, 4.69) is 10.6 Å². The van der Waals surface area contributed by atoms with Crippen LogP contribution in [0.1, 0.15) is 21.2 Å². The molecule has 0 fully saturated rings. The molecule has 38 heavy (non-hydrogen) atoms. The molecule has 0 aliphatic rings. The van der Waals surface area contributed by atoms with Crippen molar-refractivity contribution in [2.24, 2.45) is 0 Å². The molecule has 0 aromatic heterocycles. The van der Waals surface area contributed by atoms with Gasteiger partial charge in [0, 0.05) is 16.1 Å². The number of benzene rings is 5. The SMILES string of the molecule is O=C(Nc1cccc(SC(C(=O)Nc2cccc(Cl)c2Cl)c2ccccc2)c1)c1ccc2ccccc2c1. The number of rotatable bonds is 7. The first-order valence-electron chi connectivity index (χ1n) is 11.8. The summed E-state index contributed by atoms with van der Waals surface area (Å²) in [7, 11) is 0. The topological polar surface area (TPSA) is 58.2 Å². The molecule has 5 aromatic carbocycles. The van der Waals surface area contributed by atoms with E-state index < -0.39 is 5.25 Å². The molecule has 2 amide bonds. The molecule has 0 spiro atoms. The lowest BCUT2D eigenvalue weighted by atomic mass is 10.1. The molecule has 2 N–H and O–H groups in total. The molecule has 0 saturated carbocycles. The Labute approximate surface area is 235 Å². The third-order valence-electron chi connectivity index (χ3n) is 5.91. The lowest BCUT2D eigenvalue weighted by Gasteiger charge is -2.18. The minimum atomic E-state index is -0.572. The van der Waals surface area contributed by atoms with Gasteiger partial charge in [-0.15, -0.1) is 11.8 Å². The average molecular weight is 558 g/mol. The van der Waals surface area contributed by atoms with E-state index in [4.69, 9.17) is 23.2 Å². The van der Waals surface area contributed by atoms with E-state index >= 15 is 0 Å². The fourth-order valence-corrected chi connectivity index (χ4v) is 5.45. The van der Waals surface area contributed by atoms with E-state index in [9.17, 15) is 9.59 Å². The molecule has 7 heteroatoms. The average Bonchev–Trinajstić information content (AvgIpc) is 2.94. The van der Waals surface area contributed by atoms with Gasteiger partial charge in [-0.25, -0.2) is 0 Å². The maximum Gasteiger partial charge on any atom is 0.255 e. The second-order valence-electron chi connectivity index (χ2n) is 8.54. The van der Waals surface area contributed by atoms with Gasteiger partial charge in [0.2, 0.25) is 5.91 Å². The molecule has 0 saturated heterocycles. The standard InChI is InChI=1S/C31H22Cl2N2O2S/c32-26-14-7-15-27(28(26)33)35-31(37)29(21-9-2-1-3-10-21)38-25-13-6-12-24(19-25)34-30(36)23-17-16-20-8-4-5-11-22(20)18-23/h1-19,29H,(H,34,36)(H,35,37). The number of anilines is 2. The third kappa shape index (κ3) is 6.03. The lowest BCUT2D eigenvalue weighted by molar-refractivity contribution is -0.115. The number of carbonyl (C=O) groups excluding carboxylic acids is 2. The van der Waals surface area contributed by atoms with Gasteiger partial charge < -0.3 is 10.6 Å². The van der Waals surface area contributed by atoms with Crippen LogP contribution in [0.15, 0.2) is 120 Å². The number of fused-ring (bicyclic) bond motifs is 1. The summed E-state index contributed by atoms with van der Waals surface area (Å²) in [5.74, 6) is -0.443. The van der Waals surface area contributed by atoms with Crippen molar-refractivity contribution in [2.75, 3.05) is 10.6 Å². The summed E-state index contributed by atoms with van der Waals surface area (Å²) in [6.45, 7) is 0. The minimum absolute atomic E-state index is 0.203. The fraction of sp³-hybridized carbons (Fsp3) is 0.0323. The number of amides is 2. The van der Waals surface area contributed by atoms with Crippen LogP contribution in [-0.4, -0.2) is 11.8 Å². The Morgan fingerprint density at radius 3 is 2.24 bits per heavy atom. The van der Waals surface area contributed by atoms with Crippen LogP contribution < -0.4 is 10.6 Å². The highest BCUT2D eigenvalue weighted by Crippen LogP contribution is 2.38. The first kappa shape index (κ1) is 25.9. The zero-order chi connectivity index (χ0) is 26.5. The molecule has 0 aliphatic heterocycles. The normalized spacial score (nSPS) is 11.6. The van der Waals surface area contributed by atoms with Crippen LogP contribution >= 0.6 is 35.0 Å². The van der Waals surface area contributed by atoms with Crippen molar-refractivity contribution in [2.45, 2.75) is 10.1 Å². The van der Waals surface area contributed by atoms with Crippen LogP contribution in [0.25, 0.3) is 10.8 Å². The molecule has 5 aromatic rings. The van der Waals surface area contributed by atoms with E-state index in [1.54, 1.807) is 18.2 Å². The Hall–Kier alpha value is -3.77. The van der Waals surface area contributed by atoms with Crippen molar-refractivity contribution in [3.63, 3.8) is 0 Å². The molecule has 1 unspecified atom stereocenters. The maximum atomic E-state index is 13.4. The van der Waals surface area contributed by atoms with Gasteiger partial charge in [0.1, 0.15) is 5.25 Å². The van der Waals surface area contributed by atoms with Crippen LogP contribution in [-0.2, 0) is 4.79 Å². The summed E-state index contributed by atoms with van der Waals surface area (Å²) >= 11 is 13.8. The van der Waals surface area contributed by atoms with Crippen LogP contribution in [0, 0.1) is 0 Å². The maximum absolute atomic E-state index is 13.4. The molecule has 188 valence electrons. The van der Waals surface area contributed by atoms with Gasteiger partial charge in [0.25, 0.3) is 5.91 Å². The largest absolute Gasteiger partial charge is 0.323 e. The number of carbonyl (C=O) groups is 2. The number of hydrogen-bond donors (Lipinski definition) is 2. The predicted octanol–water partition coefficient (Wildman–Crippen LogP) is 8.87. The Morgan fingerprint density at radius 2 is 1.42 bits per heavy atom. The van der Waals surface area contributed by atoms with Gasteiger partial charge >= 0.3 is 0 Å². The van der Waals surface area contributed by atoms with Crippen LogP contribution in [0.3, 0.4) is 0 Å². The van der Waals surface area contributed by atoms with Crippen molar-refractivity contribution in [3.05, 3.63) is 136 Å². The monoisotopic (exact) mass is 556 g/mol. The number of hydrogen-bond acceptors (Lipinski definition) is 3. The van der Waals surface area contributed by atoms with Crippen LogP contribution in [0.4, 0.5) is 11.4 Å². The first-order chi connectivity index (χ1) is 18.5. The molecule has 5 rings (SSSR count). The second-order valence-corrected chi connectivity index (χ2v) is 10.5. The molecule has 0 radical (unpaired) electrons. The Bertz CT molecular complexity index is 1630. The highest BCUT2D eigenvalue weighted by atomic mass is 35.5. The molecular weight excluding hydrogens is 535 g/mol. The Kier molecular flexibility index (Phi) is 7.99. The van der Waals surface area contributed by atoms with Gasteiger partial charge in [-0.05, 0) is 58.8 Å². The van der Waals surface area contributed by atoms with E-state index in [-0.39, 0.29) is 16.8 Å². The Morgan fingerprint density at radius 1 is 0.684 bits per heavy atom. The van der Waals surface area contributed by atoms with Crippen molar-refractivity contribution in [1.29, 1.82) is 0 Å². The van der Waals surface area contributed by atoms with E-state index in [1.807, 2.05) is 97.1 Å². The predicted molar refractivity (Wildman–Crippen MR) is 158 cm³/mol. The van der Waals surface area contributed by atoms with Crippen molar-refractivity contribution < 1.29 is 9.59 Å². The smallest absolute Gasteiger partial charge is 0.255 e. The van der Waals surface area contributed by atoms with Crippen molar-refractivity contribution in [1.82, 2.24) is 0 Å². The van der Waals surface area contributed by atoms with Gasteiger partial charge in [-0.1, -0.05) is 96.0 Å². The van der Waals surface area contributed by atoms with Gasteiger partial charge in [0.05, 0.1) is 15.7 Å². The summed E-state index contributed by atoms with van der Waals surface area (Å²) in [6.07, 6.45) is 0.